The zero-order valence-electron chi connectivity index (χ0n) is 16.2. The lowest BCUT2D eigenvalue weighted by atomic mass is 9.99. The molecule has 7 nitrogen and oxygen atoms in total. The van der Waals surface area contributed by atoms with Gasteiger partial charge in [-0.05, 0) is 24.3 Å². The first-order valence-corrected chi connectivity index (χ1v) is 10.3. The quantitative estimate of drug-likeness (QED) is 0.488. The molecule has 0 amide bonds. The topological polar surface area (TPSA) is 86.5 Å². The van der Waals surface area contributed by atoms with Crippen LogP contribution in [0.3, 0.4) is 0 Å². The molecule has 4 rings (SSSR count). The second-order valence-corrected chi connectivity index (χ2v) is 8.18. The Morgan fingerprint density at radius 1 is 1.28 bits per heavy atom. The minimum atomic E-state index is -4.84. The third kappa shape index (κ3) is 3.96. The monoisotopic (exact) mass is 531 g/mol. The molecule has 12 heteroatoms. The number of carboxylic acid groups (broad SMARTS) is 1. The van der Waals surface area contributed by atoms with Crippen LogP contribution in [0.5, 0.6) is 5.75 Å². The molecule has 1 aliphatic heterocycles. The van der Waals surface area contributed by atoms with E-state index in [2.05, 4.69) is 26.1 Å². The maximum Gasteiger partial charge on any atom is 0.452 e. The molecule has 2 aromatic carbocycles. The third-order valence-electron chi connectivity index (χ3n) is 4.90. The van der Waals surface area contributed by atoms with Gasteiger partial charge in [0.1, 0.15) is 18.0 Å². The molecule has 1 aromatic heterocycles. The van der Waals surface area contributed by atoms with E-state index in [1.54, 1.807) is 30.3 Å². The standard InChI is InChI=1S/C20H14BrClF3N3O4/c1-31-13-4-2-3-10(16(13)22)17-11-7-9(21)5-6-12(11)28-18(14(32-17)8-15(29)30)26-27-19(28)20(23,24)25/h2-7,14,17H,8H2,1H3,(H,29,30). The van der Waals surface area contributed by atoms with Gasteiger partial charge >= 0.3 is 12.1 Å². The van der Waals surface area contributed by atoms with Crippen molar-refractivity contribution >= 4 is 33.5 Å². The van der Waals surface area contributed by atoms with Gasteiger partial charge in [0.15, 0.2) is 5.82 Å². The van der Waals surface area contributed by atoms with Crippen LogP contribution in [0.1, 0.15) is 41.4 Å². The number of aliphatic carboxylic acids is 1. The molecule has 1 aliphatic rings. The van der Waals surface area contributed by atoms with E-state index >= 15 is 0 Å². The molecule has 1 N–H and O–H groups in total. The smallest absolute Gasteiger partial charge is 0.452 e. The van der Waals surface area contributed by atoms with Crippen molar-refractivity contribution in [2.24, 2.45) is 0 Å². The predicted molar refractivity (Wildman–Crippen MR) is 110 cm³/mol. The van der Waals surface area contributed by atoms with E-state index < -0.39 is 36.6 Å². The van der Waals surface area contributed by atoms with Gasteiger partial charge in [-0.2, -0.15) is 13.2 Å². The molecular formula is C20H14BrClF3N3O4. The highest BCUT2D eigenvalue weighted by Crippen LogP contribution is 2.46. The summed E-state index contributed by atoms with van der Waals surface area (Å²) in [5, 5.41) is 16.5. The largest absolute Gasteiger partial charge is 0.495 e. The van der Waals surface area contributed by atoms with E-state index in [-0.39, 0.29) is 16.5 Å². The predicted octanol–water partition coefficient (Wildman–Crippen LogP) is 5.35. The summed E-state index contributed by atoms with van der Waals surface area (Å²) in [4.78, 5) is 11.5. The van der Waals surface area contributed by atoms with Crippen LogP contribution in [-0.4, -0.2) is 33.0 Å². The van der Waals surface area contributed by atoms with E-state index in [1.807, 2.05) is 0 Å². The molecule has 168 valence electrons. The van der Waals surface area contributed by atoms with Gasteiger partial charge < -0.3 is 14.6 Å². The first-order valence-electron chi connectivity index (χ1n) is 9.13. The van der Waals surface area contributed by atoms with Gasteiger partial charge in [-0.25, -0.2) is 0 Å². The highest BCUT2D eigenvalue weighted by molar-refractivity contribution is 9.10. The molecule has 0 saturated carbocycles. The molecule has 0 bridgehead atoms. The number of hydrogen-bond acceptors (Lipinski definition) is 5. The molecule has 0 spiro atoms. The lowest BCUT2D eigenvalue weighted by Crippen LogP contribution is -2.17. The molecule has 32 heavy (non-hydrogen) atoms. The van der Waals surface area contributed by atoms with Crippen LogP contribution in [0, 0.1) is 0 Å². The highest BCUT2D eigenvalue weighted by Gasteiger charge is 2.43. The zero-order chi connectivity index (χ0) is 23.2. The first-order chi connectivity index (χ1) is 15.1. The fraction of sp³-hybridized carbons (Fsp3) is 0.250. The maximum atomic E-state index is 13.8. The van der Waals surface area contributed by atoms with E-state index in [4.69, 9.17) is 21.1 Å². The van der Waals surface area contributed by atoms with Crippen molar-refractivity contribution in [1.82, 2.24) is 14.8 Å². The second kappa shape index (κ2) is 8.38. The summed E-state index contributed by atoms with van der Waals surface area (Å²) < 4.78 is 54.0. The fourth-order valence-corrected chi connectivity index (χ4v) is 4.27. The van der Waals surface area contributed by atoms with Crippen molar-refractivity contribution in [1.29, 1.82) is 0 Å². The van der Waals surface area contributed by atoms with Gasteiger partial charge in [0.05, 0.1) is 24.2 Å². The lowest BCUT2D eigenvalue weighted by Gasteiger charge is -2.23. The number of hydrogen-bond donors (Lipinski definition) is 1. The van der Waals surface area contributed by atoms with Gasteiger partial charge in [-0.3, -0.25) is 9.36 Å². The number of aromatic nitrogens is 3. The SMILES string of the molecule is COc1cccc(C2OC(CC(=O)O)c3nnc(C(F)(F)F)n3-c3ccc(Br)cc32)c1Cl. The molecule has 0 aliphatic carbocycles. The van der Waals surface area contributed by atoms with Crippen molar-refractivity contribution in [2.45, 2.75) is 24.8 Å². The summed E-state index contributed by atoms with van der Waals surface area (Å²) in [5.41, 5.74) is 0.805. The van der Waals surface area contributed by atoms with Crippen LogP contribution in [0.25, 0.3) is 5.69 Å². The number of ether oxygens (including phenoxy) is 2. The van der Waals surface area contributed by atoms with Crippen LogP contribution in [-0.2, 0) is 15.7 Å². The van der Waals surface area contributed by atoms with Crippen LogP contribution < -0.4 is 4.74 Å². The van der Waals surface area contributed by atoms with E-state index in [0.29, 0.717) is 21.3 Å². The number of nitrogens with zero attached hydrogens (tertiary/aromatic N) is 3. The van der Waals surface area contributed by atoms with Crippen LogP contribution in [0.15, 0.2) is 40.9 Å². The Morgan fingerprint density at radius 3 is 2.69 bits per heavy atom. The summed E-state index contributed by atoms with van der Waals surface area (Å²) in [7, 11) is 1.42. The van der Waals surface area contributed by atoms with Gasteiger partial charge in [-0.1, -0.05) is 39.7 Å². The number of halogens is 5. The fourth-order valence-electron chi connectivity index (χ4n) is 3.59. The molecular weight excluding hydrogens is 519 g/mol. The Balaban J connectivity index is 2.03. The normalized spacial score (nSPS) is 17.9. The van der Waals surface area contributed by atoms with E-state index in [9.17, 15) is 23.1 Å². The number of alkyl halides is 3. The average Bonchev–Trinajstić information content (AvgIpc) is 3.12. The van der Waals surface area contributed by atoms with Crippen molar-refractivity contribution in [3.63, 3.8) is 0 Å². The highest BCUT2D eigenvalue weighted by atomic mass is 79.9. The molecule has 0 fully saturated rings. The van der Waals surface area contributed by atoms with Crippen molar-refractivity contribution in [3.05, 3.63) is 68.7 Å². The summed E-state index contributed by atoms with van der Waals surface area (Å²) in [5.74, 6) is -2.50. The first kappa shape index (κ1) is 22.6. The van der Waals surface area contributed by atoms with Gasteiger partial charge in [0.25, 0.3) is 0 Å². The number of fused-ring (bicyclic) bond motifs is 3. The Labute approximate surface area is 192 Å². The Bertz CT molecular complexity index is 1200. The number of methoxy groups -OCH3 is 1. The summed E-state index contributed by atoms with van der Waals surface area (Å²) in [6, 6.07) is 9.51. The van der Waals surface area contributed by atoms with E-state index in [1.165, 1.54) is 13.2 Å². The molecule has 2 unspecified atom stereocenters. The second-order valence-electron chi connectivity index (χ2n) is 6.88. The Morgan fingerprint density at radius 2 is 2.03 bits per heavy atom. The minimum absolute atomic E-state index is 0.0947. The van der Waals surface area contributed by atoms with Crippen molar-refractivity contribution in [2.75, 3.05) is 7.11 Å². The van der Waals surface area contributed by atoms with Crippen LogP contribution >= 0.6 is 27.5 Å². The molecule has 0 radical (unpaired) electrons. The molecule has 2 heterocycles. The van der Waals surface area contributed by atoms with Crippen molar-refractivity contribution < 1.29 is 32.5 Å². The van der Waals surface area contributed by atoms with Crippen LogP contribution in [0.2, 0.25) is 5.02 Å². The van der Waals surface area contributed by atoms with Crippen LogP contribution in [0.4, 0.5) is 13.2 Å². The van der Waals surface area contributed by atoms with Gasteiger partial charge in [0.2, 0.25) is 5.82 Å². The van der Waals surface area contributed by atoms with Gasteiger partial charge in [-0.15, -0.1) is 10.2 Å². The molecule has 2 atom stereocenters. The Kier molecular flexibility index (Phi) is 5.91. The molecule has 0 saturated heterocycles. The minimum Gasteiger partial charge on any atom is -0.495 e. The molecule has 3 aromatic rings. The Hall–Kier alpha value is -2.63. The van der Waals surface area contributed by atoms with Gasteiger partial charge in [0, 0.05) is 15.6 Å². The average molecular weight is 533 g/mol. The number of rotatable bonds is 4. The number of benzene rings is 2. The lowest BCUT2D eigenvalue weighted by molar-refractivity contribution is -0.146. The summed E-state index contributed by atoms with van der Waals surface area (Å²) in [6.45, 7) is 0. The number of carboxylic acids is 1. The van der Waals surface area contributed by atoms with E-state index in [0.717, 1.165) is 4.57 Å². The number of carbonyl (C=O) groups is 1. The summed E-state index contributed by atoms with van der Waals surface area (Å²) >= 11 is 9.83. The summed E-state index contributed by atoms with van der Waals surface area (Å²) in [6.07, 6.45) is -7.83. The maximum absolute atomic E-state index is 13.8. The zero-order valence-corrected chi connectivity index (χ0v) is 18.6. The van der Waals surface area contributed by atoms with Crippen molar-refractivity contribution in [3.8, 4) is 11.4 Å². The third-order valence-corrected chi connectivity index (χ3v) is 5.80.